The normalized spacial score (nSPS) is 25.8. The molecule has 2 atom stereocenters. The number of esters is 2. The number of likely N-dealkylation sites (N-methyl/N-ethyl adjacent to an activating group) is 2. The van der Waals surface area contributed by atoms with Crippen LogP contribution in [0.15, 0.2) is 0 Å². The van der Waals surface area contributed by atoms with Crippen LogP contribution in [0.1, 0.15) is 12.8 Å². The fraction of sp³-hybridized carbons (Fsp3) is 0.833. The van der Waals surface area contributed by atoms with E-state index in [1.807, 2.05) is 14.1 Å². The molecule has 1 rings (SSSR count). The summed E-state index contributed by atoms with van der Waals surface area (Å²) in [5.41, 5.74) is 0. The molecule has 1 aliphatic rings. The third-order valence-electron chi connectivity index (χ3n) is 3.46. The second-order valence-electron chi connectivity index (χ2n) is 4.75. The maximum atomic E-state index is 11.4. The van der Waals surface area contributed by atoms with E-state index in [1.54, 1.807) is 0 Å². The van der Waals surface area contributed by atoms with Crippen LogP contribution >= 0.6 is 0 Å². The number of carbonyl (C=O) groups excluding carboxylic acids is 2. The third-order valence-corrected chi connectivity index (χ3v) is 3.46. The molecule has 0 spiro atoms. The molecule has 2 unspecified atom stereocenters. The summed E-state index contributed by atoms with van der Waals surface area (Å²) in [4.78, 5) is 26.9. The topological polar surface area (TPSA) is 59.1 Å². The molecule has 0 aliphatic carbocycles. The van der Waals surface area contributed by atoms with E-state index in [2.05, 4.69) is 9.80 Å². The average molecular weight is 258 g/mol. The first-order valence-electron chi connectivity index (χ1n) is 6.02. The lowest BCUT2D eigenvalue weighted by molar-refractivity contribution is -0.144. The van der Waals surface area contributed by atoms with Crippen LogP contribution in [-0.2, 0) is 19.1 Å². The van der Waals surface area contributed by atoms with Gasteiger partial charge in [0.1, 0.15) is 0 Å². The van der Waals surface area contributed by atoms with Gasteiger partial charge in [0, 0.05) is 25.2 Å². The zero-order chi connectivity index (χ0) is 13.7. The van der Waals surface area contributed by atoms with Gasteiger partial charge in [-0.25, -0.2) is 0 Å². The number of ether oxygens (including phenoxy) is 2. The molecule has 104 valence electrons. The third kappa shape index (κ3) is 3.96. The Morgan fingerprint density at radius 3 is 1.72 bits per heavy atom. The maximum absolute atomic E-state index is 11.4. The molecule has 1 saturated heterocycles. The summed E-state index contributed by atoms with van der Waals surface area (Å²) in [7, 11) is 6.71. The monoisotopic (exact) mass is 258 g/mol. The van der Waals surface area contributed by atoms with Gasteiger partial charge in [-0.1, -0.05) is 0 Å². The minimum atomic E-state index is -0.223. The van der Waals surface area contributed by atoms with Crippen molar-refractivity contribution in [1.82, 2.24) is 9.80 Å². The molecule has 1 heterocycles. The zero-order valence-corrected chi connectivity index (χ0v) is 11.5. The van der Waals surface area contributed by atoms with Gasteiger partial charge >= 0.3 is 11.9 Å². The fourth-order valence-corrected chi connectivity index (χ4v) is 2.32. The van der Waals surface area contributed by atoms with E-state index in [1.165, 1.54) is 14.2 Å². The van der Waals surface area contributed by atoms with Crippen molar-refractivity contribution in [2.75, 3.05) is 41.4 Å². The van der Waals surface area contributed by atoms with E-state index in [4.69, 9.17) is 9.47 Å². The number of hydrogen-bond donors (Lipinski definition) is 0. The van der Waals surface area contributed by atoms with Crippen LogP contribution in [0.5, 0.6) is 0 Å². The first-order chi connectivity index (χ1) is 8.47. The highest BCUT2D eigenvalue weighted by Gasteiger charge is 2.33. The van der Waals surface area contributed by atoms with Crippen molar-refractivity contribution >= 4 is 11.9 Å². The van der Waals surface area contributed by atoms with Gasteiger partial charge in [0.2, 0.25) is 0 Å². The van der Waals surface area contributed by atoms with Crippen LogP contribution < -0.4 is 0 Å². The van der Waals surface area contributed by atoms with Crippen LogP contribution in [0, 0.1) is 0 Å². The van der Waals surface area contributed by atoms with Gasteiger partial charge < -0.3 is 14.4 Å². The molecular weight excluding hydrogens is 236 g/mol. The summed E-state index contributed by atoms with van der Waals surface area (Å²) in [5.74, 6) is -0.446. The van der Waals surface area contributed by atoms with Crippen molar-refractivity contribution in [1.29, 1.82) is 0 Å². The number of methoxy groups -OCH3 is 2. The molecule has 1 aliphatic heterocycles. The molecule has 0 saturated carbocycles. The van der Waals surface area contributed by atoms with E-state index in [9.17, 15) is 9.59 Å². The molecule has 0 aromatic carbocycles. The summed E-state index contributed by atoms with van der Waals surface area (Å²) in [6, 6.07) is 0.150. The van der Waals surface area contributed by atoms with E-state index < -0.39 is 0 Å². The first-order valence-corrected chi connectivity index (χ1v) is 6.02. The van der Waals surface area contributed by atoms with Crippen molar-refractivity contribution in [3.8, 4) is 0 Å². The Morgan fingerprint density at radius 1 is 1.00 bits per heavy atom. The Labute approximate surface area is 108 Å². The lowest BCUT2D eigenvalue weighted by Crippen LogP contribution is -2.57. The van der Waals surface area contributed by atoms with Crippen LogP contribution in [0.25, 0.3) is 0 Å². The van der Waals surface area contributed by atoms with Crippen LogP contribution in [0.3, 0.4) is 0 Å². The smallest absolute Gasteiger partial charge is 0.307 e. The summed E-state index contributed by atoms with van der Waals surface area (Å²) >= 11 is 0. The average Bonchev–Trinajstić information content (AvgIpc) is 2.34. The highest BCUT2D eigenvalue weighted by Crippen LogP contribution is 2.18. The Morgan fingerprint density at radius 2 is 1.39 bits per heavy atom. The van der Waals surface area contributed by atoms with Crippen molar-refractivity contribution in [3.05, 3.63) is 0 Å². The summed E-state index contributed by atoms with van der Waals surface area (Å²) in [6.07, 6.45) is 0.685. The lowest BCUT2D eigenvalue weighted by Gasteiger charge is -2.43. The number of carbonyl (C=O) groups is 2. The van der Waals surface area contributed by atoms with Gasteiger partial charge in [0.25, 0.3) is 0 Å². The van der Waals surface area contributed by atoms with Gasteiger partial charge in [-0.05, 0) is 14.1 Å². The van der Waals surface area contributed by atoms with Gasteiger partial charge in [-0.15, -0.1) is 0 Å². The summed E-state index contributed by atoms with van der Waals surface area (Å²) < 4.78 is 9.40. The van der Waals surface area contributed by atoms with E-state index in [0.29, 0.717) is 12.8 Å². The molecule has 1 fully saturated rings. The lowest BCUT2D eigenvalue weighted by atomic mass is 10.0. The predicted molar refractivity (Wildman–Crippen MR) is 66.1 cm³/mol. The molecular formula is C12H22N2O4. The summed E-state index contributed by atoms with van der Waals surface area (Å²) in [5, 5.41) is 0. The Bertz CT molecular complexity index is 280. The largest absolute Gasteiger partial charge is 0.469 e. The Kier molecular flexibility index (Phi) is 5.55. The van der Waals surface area contributed by atoms with E-state index in [0.717, 1.165) is 13.1 Å². The van der Waals surface area contributed by atoms with Crippen molar-refractivity contribution < 1.29 is 19.1 Å². The van der Waals surface area contributed by atoms with Crippen molar-refractivity contribution in [2.24, 2.45) is 0 Å². The van der Waals surface area contributed by atoms with Gasteiger partial charge in [-0.3, -0.25) is 14.5 Å². The highest BCUT2D eigenvalue weighted by atomic mass is 16.5. The van der Waals surface area contributed by atoms with Crippen molar-refractivity contribution in [3.63, 3.8) is 0 Å². The second kappa shape index (κ2) is 6.70. The molecule has 6 heteroatoms. The maximum Gasteiger partial charge on any atom is 0.307 e. The minimum Gasteiger partial charge on any atom is -0.469 e. The Hall–Kier alpha value is -1.14. The quantitative estimate of drug-likeness (QED) is 0.647. The van der Waals surface area contributed by atoms with Crippen LogP contribution in [0.4, 0.5) is 0 Å². The first kappa shape index (κ1) is 14.9. The van der Waals surface area contributed by atoms with Gasteiger partial charge in [-0.2, -0.15) is 0 Å². The number of hydrogen-bond acceptors (Lipinski definition) is 6. The molecule has 6 nitrogen and oxygen atoms in total. The number of rotatable bonds is 4. The molecule has 0 aromatic rings. The van der Waals surface area contributed by atoms with Crippen LogP contribution in [0.2, 0.25) is 0 Å². The zero-order valence-electron chi connectivity index (χ0n) is 11.5. The number of nitrogens with zero attached hydrogens (tertiary/aromatic N) is 2. The second-order valence-corrected chi connectivity index (χ2v) is 4.75. The van der Waals surface area contributed by atoms with Crippen LogP contribution in [-0.4, -0.2) is 75.2 Å². The van der Waals surface area contributed by atoms with Gasteiger partial charge in [0.15, 0.2) is 0 Å². The van der Waals surface area contributed by atoms with E-state index in [-0.39, 0.29) is 24.0 Å². The van der Waals surface area contributed by atoms with Crippen molar-refractivity contribution in [2.45, 2.75) is 24.9 Å². The molecule has 0 aromatic heterocycles. The molecule has 0 amide bonds. The highest BCUT2D eigenvalue weighted by molar-refractivity contribution is 5.71. The Balaban J connectivity index is 2.64. The molecule has 18 heavy (non-hydrogen) atoms. The summed E-state index contributed by atoms with van der Waals surface area (Å²) in [6.45, 7) is 1.59. The molecule has 0 bridgehead atoms. The SMILES string of the molecule is COC(=O)CC1CN(C)CC(CC(=O)OC)N1C. The molecule has 0 N–H and O–H groups in total. The minimum absolute atomic E-state index is 0.0749. The molecule has 0 radical (unpaired) electrons. The fourth-order valence-electron chi connectivity index (χ4n) is 2.32. The number of piperazine rings is 1. The van der Waals surface area contributed by atoms with E-state index >= 15 is 0 Å². The predicted octanol–water partition coefficient (Wildman–Crippen LogP) is -0.273. The van der Waals surface area contributed by atoms with Gasteiger partial charge in [0.05, 0.1) is 27.1 Å². The standard InChI is InChI=1S/C12H22N2O4/c1-13-7-9(5-11(15)17-3)14(2)10(8-13)6-12(16)18-4/h9-10H,5-8H2,1-4H3.